The summed E-state index contributed by atoms with van der Waals surface area (Å²) < 4.78 is 32.3. The van der Waals surface area contributed by atoms with Crippen molar-refractivity contribution < 1.29 is 67.9 Å². The van der Waals surface area contributed by atoms with E-state index in [0.29, 0.717) is 21.0 Å². The normalized spacial score (nSPS) is 34.2. The zero-order chi connectivity index (χ0) is 29.5. The van der Waals surface area contributed by atoms with Gasteiger partial charge in [0.1, 0.15) is 49.8 Å². The molecule has 6 N–H and O–H groups in total. The Morgan fingerprint density at radius 1 is 0.846 bits per heavy atom. The van der Waals surface area contributed by atoms with Crippen LogP contribution in [0.4, 0.5) is 9.59 Å². The van der Waals surface area contributed by atoms with Crippen LogP contribution < -0.4 is 10.6 Å². The molecule has 39 heavy (non-hydrogen) atoms. The number of rotatable bonds is 11. The standard InChI is InChI=1S/C20H36N2O12S2.2HI.V/c1-9-10(7-30-19(27)21-3-5-35)32-18(14(25)12(9)23)34-16-11(8-31-20(28)22-4-6-36)33-17(29-2)15(26)13(16)24;;;/h9-18,23-26,35-36H,3-8H2,1-2H3,(H,21,27)(H,22,28);2*1H;/q;;;+2/p-2. The maximum absolute atomic E-state index is 11.8. The molecule has 0 aliphatic carbocycles. The number of ether oxygens (including phenoxy) is 6. The van der Waals surface area contributed by atoms with Crippen LogP contribution >= 0.6 is 65.2 Å². The van der Waals surface area contributed by atoms with E-state index in [1.54, 1.807) is 6.92 Å². The van der Waals surface area contributed by atoms with Crippen molar-refractivity contribution in [2.24, 2.45) is 5.92 Å². The van der Waals surface area contributed by atoms with Crippen molar-refractivity contribution in [2.75, 3.05) is 44.9 Å². The second-order valence-corrected chi connectivity index (χ2v) is 21.0. The number of aliphatic hydroxyl groups is 4. The number of hydrogen-bond donors (Lipinski definition) is 8. The summed E-state index contributed by atoms with van der Waals surface area (Å²) in [5.74, 6) is 0.148. The third kappa shape index (κ3) is 12.6. The SMILES string of the molecule is COC1OC(COC(=O)NCCS)C(OC2OC(COC(=O)NCCS)C(C)C(O)C2O)C(O)C1O.[I][V][I]. The summed E-state index contributed by atoms with van der Waals surface area (Å²) in [6.07, 6.45) is -13.7. The monoisotopic (exact) mass is 865 g/mol. The second kappa shape index (κ2) is 20.8. The van der Waals surface area contributed by atoms with Gasteiger partial charge in [0.25, 0.3) is 0 Å². The molecule has 0 bridgehead atoms. The van der Waals surface area contributed by atoms with Gasteiger partial charge in [0, 0.05) is 37.6 Å². The molecule has 10 atom stereocenters. The average molecular weight is 865 g/mol. The molecule has 0 spiro atoms. The first-order valence-electron chi connectivity index (χ1n) is 11.7. The minimum absolute atomic E-state index is 0.254. The molecule has 229 valence electrons. The Morgan fingerprint density at radius 2 is 1.31 bits per heavy atom. The predicted octanol–water partition coefficient (Wildman–Crippen LogP) is -0.372. The molecule has 2 rings (SSSR count). The molecule has 14 nitrogen and oxygen atoms in total. The van der Waals surface area contributed by atoms with Crippen molar-refractivity contribution in [1.82, 2.24) is 10.6 Å². The fraction of sp³-hybridized carbons (Fsp3) is 0.900. The number of carbonyl (C=O) groups excluding carboxylic acids is 2. The topological polar surface area (TPSA) is 194 Å². The molecule has 19 heteroatoms. The molecule has 0 saturated carbocycles. The molecule has 2 aliphatic heterocycles. The van der Waals surface area contributed by atoms with Crippen molar-refractivity contribution in [3.8, 4) is 0 Å². The Bertz CT molecular complexity index is 728. The second-order valence-electron chi connectivity index (χ2n) is 8.31. The summed E-state index contributed by atoms with van der Waals surface area (Å²) in [5.41, 5.74) is 0. The van der Waals surface area contributed by atoms with E-state index in [1.165, 1.54) is 7.11 Å². The van der Waals surface area contributed by atoms with Gasteiger partial charge in [0.15, 0.2) is 12.6 Å². The number of methoxy groups -OCH3 is 1. The van der Waals surface area contributed by atoms with Gasteiger partial charge in [-0.2, -0.15) is 25.3 Å². The number of thiol groups is 2. The number of hydrogen-bond acceptors (Lipinski definition) is 14. The number of amides is 2. The van der Waals surface area contributed by atoms with Gasteiger partial charge in [-0.3, -0.25) is 0 Å². The summed E-state index contributed by atoms with van der Waals surface area (Å²) in [6.45, 7) is 1.46. The molecule has 0 radical (unpaired) electrons. The molecular weight excluding hydrogens is 829 g/mol. The van der Waals surface area contributed by atoms with Gasteiger partial charge in [-0.15, -0.1) is 0 Å². The van der Waals surface area contributed by atoms with Crippen LogP contribution in [-0.4, -0.2) is 133 Å². The van der Waals surface area contributed by atoms with Gasteiger partial charge in [-0.25, -0.2) is 9.59 Å². The van der Waals surface area contributed by atoms with Gasteiger partial charge in [0.2, 0.25) is 0 Å². The first kappa shape index (κ1) is 38.0. The van der Waals surface area contributed by atoms with E-state index < -0.39 is 80.0 Å². The molecular formula is C20H36I2N2O12S2V. The molecule has 2 amide bonds. The summed E-state index contributed by atoms with van der Waals surface area (Å²) in [7, 11) is 1.88. The van der Waals surface area contributed by atoms with Crippen molar-refractivity contribution in [3.05, 3.63) is 0 Å². The fourth-order valence-electron chi connectivity index (χ4n) is 3.66. The molecule has 2 fully saturated rings. The molecule has 2 saturated heterocycles. The Balaban J connectivity index is 0.00000242. The van der Waals surface area contributed by atoms with Gasteiger partial charge < -0.3 is 59.5 Å². The third-order valence-electron chi connectivity index (χ3n) is 5.75. The van der Waals surface area contributed by atoms with Crippen LogP contribution in [0.5, 0.6) is 0 Å². The van der Waals surface area contributed by atoms with Gasteiger partial charge >= 0.3 is 61.6 Å². The van der Waals surface area contributed by atoms with Crippen LogP contribution in [-0.2, 0) is 37.9 Å². The molecule has 0 aromatic heterocycles. The Labute approximate surface area is 266 Å². The van der Waals surface area contributed by atoms with Gasteiger partial charge in [-0.05, 0) is 0 Å². The first-order chi connectivity index (χ1) is 18.6. The van der Waals surface area contributed by atoms with Crippen LogP contribution in [0.25, 0.3) is 0 Å². The summed E-state index contributed by atoms with van der Waals surface area (Å²) >= 11 is 12.7. The Morgan fingerprint density at radius 3 is 1.79 bits per heavy atom. The zero-order valence-electron chi connectivity index (χ0n) is 21.2. The average Bonchev–Trinajstić information content (AvgIpc) is 2.92. The van der Waals surface area contributed by atoms with Crippen LogP contribution in [0.2, 0.25) is 0 Å². The molecule has 2 heterocycles. The first-order valence-corrected chi connectivity index (χ1v) is 22.0. The molecule has 10 unspecified atom stereocenters. The van der Waals surface area contributed by atoms with Crippen molar-refractivity contribution in [1.29, 1.82) is 0 Å². The number of aliphatic hydroxyl groups excluding tert-OH is 4. The molecule has 0 aromatic rings. The van der Waals surface area contributed by atoms with Crippen molar-refractivity contribution >= 4 is 77.4 Å². The number of alkyl carbamates (subject to hydrolysis) is 2. The molecule has 0 aromatic carbocycles. The van der Waals surface area contributed by atoms with E-state index in [1.807, 2.05) is 0 Å². The van der Waals surface area contributed by atoms with E-state index >= 15 is 0 Å². The minimum atomic E-state index is -1.60. The number of carbonyl (C=O) groups is 2. The maximum atomic E-state index is 11.8. The van der Waals surface area contributed by atoms with E-state index in [-0.39, 0.29) is 19.7 Å². The predicted molar refractivity (Wildman–Crippen MR) is 157 cm³/mol. The van der Waals surface area contributed by atoms with Gasteiger partial charge in [-0.1, -0.05) is 6.92 Å². The number of nitrogens with one attached hydrogen (secondary N) is 2. The van der Waals surface area contributed by atoms with Crippen LogP contribution in [0, 0.1) is 5.92 Å². The van der Waals surface area contributed by atoms with E-state index in [9.17, 15) is 30.0 Å². The fourth-order valence-corrected chi connectivity index (χ4v) is 3.89. The van der Waals surface area contributed by atoms with E-state index in [2.05, 4.69) is 75.8 Å². The Kier molecular flexibility index (Phi) is 20.3. The van der Waals surface area contributed by atoms with Crippen molar-refractivity contribution in [3.63, 3.8) is 0 Å². The Hall–Kier alpha value is 0.964. The summed E-state index contributed by atoms with van der Waals surface area (Å²) in [6, 6.07) is 0. The van der Waals surface area contributed by atoms with E-state index in [0.717, 1.165) is 0 Å². The number of halogens is 2. The summed E-state index contributed by atoms with van der Waals surface area (Å²) in [4.78, 5) is 23.6. The van der Waals surface area contributed by atoms with E-state index in [4.69, 9.17) is 28.4 Å². The van der Waals surface area contributed by atoms with Crippen LogP contribution in [0.3, 0.4) is 0 Å². The quantitative estimate of drug-likeness (QED) is 0.0995. The zero-order valence-corrected chi connectivity index (χ0v) is 28.7. The van der Waals surface area contributed by atoms with Crippen molar-refractivity contribution in [2.45, 2.75) is 62.2 Å². The van der Waals surface area contributed by atoms with Gasteiger partial charge in [0.05, 0.1) is 6.10 Å². The molecule has 2 aliphatic rings. The third-order valence-corrected chi connectivity index (χ3v) is 6.19. The van der Waals surface area contributed by atoms with Crippen LogP contribution in [0.15, 0.2) is 0 Å². The summed E-state index contributed by atoms with van der Waals surface area (Å²) in [5, 5.41) is 47.0. The van der Waals surface area contributed by atoms with Crippen LogP contribution in [0.1, 0.15) is 6.92 Å².